The van der Waals surface area contributed by atoms with Crippen LogP contribution in [0.4, 0.5) is 0 Å². The van der Waals surface area contributed by atoms with Gasteiger partial charge in [0.25, 0.3) is 0 Å². The summed E-state index contributed by atoms with van der Waals surface area (Å²) in [4.78, 5) is 4.77. The van der Waals surface area contributed by atoms with E-state index in [2.05, 4.69) is 23.6 Å². The molecule has 1 rings (SSSR count). The molecule has 3 nitrogen and oxygen atoms in total. The smallest absolute Gasteiger partial charge is 0.0507 e. The zero-order valence-electron chi connectivity index (χ0n) is 7.58. The van der Waals surface area contributed by atoms with Crippen LogP contribution in [0.2, 0.25) is 0 Å². The zero-order chi connectivity index (χ0) is 8.27. The summed E-state index contributed by atoms with van der Waals surface area (Å²) in [5, 5.41) is 0. The van der Waals surface area contributed by atoms with E-state index in [0.717, 1.165) is 32.8 Å². The summed E-state index contributed by atoms with van der Waals surface area (Å²) < 4.78 is 0. The zero-order valence-corrected chi connectivity index (χ0v) is 7.58. The molecule has 0 aliphatic carbocycles. The summed E-state index contributed by atoms with van der Waals surface area (Å²) in [6.07, 6.45) is 0. The van der Waals surface area contributed by atoms with Crippen molar-refractivity contribution < 1.29 is 0 Å². The van der Waals surface area contributed by atoms with Crippen molar-refractivity contribution in [1.82, 2.24) is 9.80 Å². The van der Waals surface area contributed by atoms with Gasteiger partial charge in [-0.2, -0.15) is 0 Å². The van der Waals surface area contributed by atoms with E-state index < -0.39 is 0 Å². The maximum Gasteiger partial charge on any atom is 0.0507 e. The number of hydrogen-bond donors (Lipinski definition) is 1. The molecule has 11 heavy (non-hydrogen) atoms. The Morgan fingerprint density at radius 1 is 1.18 bits per heavy atom. The van der Waals surface area contributed by atoms with Gasteiger partial charge in [-0.3, -0.25) is 9.80 Å². The monoisotopic (exact) mass is 157 g/mol. The van der Waals surface area contributed by atoms with E-state index >= 15 is 0 Å². The quantitative estimate of drug-likeness (QED) is 0.609. The first-order chi connectivity index (χ1) is 5.26. The lowest BCUT2D eigenvalue weighted by Gasteiger charge is -2.37. The van der Waals surface area contributed by atoms with Gasteiger partial charge in [-0.15, -0.1) is 0 Å². The molecule has 0 aromatic heterocycles. The largest absolute Gasteiger partial charge is 0.325 e. The Morgan fingerprint density at radius 3 is 2.00 bits per heavy atom. The molecule has 0 atom stereocenters. The molecule has 1 aliphatic rings. The Morgan fingerprint density at radius 2 is 1.64 bits per heavy atom. The molecular weight excluding hydrogens is 138 g/mol. The molecular formula is C8H19N3. The van der Waals surface area contributed by atoms with Crippen molar-refractivity contribution in [1.29, 1.82) is 0 Å². The number of hydrogen-bond acceptors (Lipinski definition) is 3. The molecule has 0 bridgehead atoms. The summed E-state index contributed by atoms with van der Waals surface area (Å²) in [5.74, 6) is 0. The first-order valence-corrected chi connectivity index (χ1v) is 4.46. The van der Waals surface area contributed by atoms with Crippen molar-refractivity contribution in [3.63, 3.8) is 0 Å². The summed E-state index contributed by atoms with van der Waals surface area (Å²) in [6.45, 7) is 9.83. The van der Waals surface area contributed by atoms with Gasteiger partial charge in [0, 0.05) is 19.1 Å². The molecule has 0 radical (unpaired) electrons. The van der Waals surface area contributed by atoms with Gasteiger partial charge >= 0.3 is 0 Å². The average Bonchev–Trinajstić information content (AvgIpc) is 2.03. The van der Waals surface area contributed by atoms with Crippen molar-refractivity contribution in [2.75, 3.05) is 32.8 Å². The standard InChI is InChI=1S/C8H19N3/c1-3-10-5-8(9)6-11(4-2)7-10/h8H,3-7,9H2,1-2H3. The molecule has 1 saturated heterocycles. The van der Waals surface area contributed by atoms with Crippen LogP contribution in [0.1, 0.15) is 13.8 Å². The minimum atomic E-state index is 0.351. The van der Waals surface area contributed by atoms with Gasteiger partial charge in [-0.05, 0) is 13.1 Å². The fraction of sp³-hybridized carbons (Fsp3) is 1.00. The first-order valence-electron chi connectivity index (χ1n) is 4.46. The van der Waals surface area contributed by atoms with Crippen LogP contribution in [0.5, 0.6) is 0 Å². The van der Waals surface area contributed by atoms with Gasteiger partial charge in [0.05, 0.1) is 6.67 Å². The third kappa shape index (κ3) is 2.43. The van der Waals surface area contributed by atoms with Crippen LogP contribution in [0, 0.1) is 0 Å². The van der Waals surface area contributed by atoms with E-state index in [1.807, 2.05) is 0 Å². The highest BCUT2D eigenvalue weighted by Gasteiger charge is 2.19. The molecule has 0 aromatic rings. The Bertz CT molecular complexity index is 104. The fourth-order valence-corrected chi connectivity index (χ4v) is 1.58. The molecule has 1 fully saturated rings. The summed E-state index contributed by atoms with van der Waals surface area (Å²) in [6, 6.07) is 0.351. The van der Waals surface area contributed by atoms with Crippen LogP contribution in [0.15, 0.2) is 0 Å². The molecule has 0 saturated carbocycles. The predicted octanol–water partition coefficient (Wildman–Crippen LogP) is -0.0714. The molecule has 66 valence electrons. The Labute approximate surface area is 69.1 Å². The molecule has 0 aromatic carbocycles. The lowest BCUT2D eigenvalue weighted by atomic mass is 10.2. The molecule has 0 spiro atoms. The predicted molar refractivity (Wildman–Crippen MR) is 47.3 cm³/mol. The number of nitrogens with two attached hydrogens (primary N) is 1. The van der Waals surface area contributed by atoms with E-state index in [1.165, 1.54) is 0 Å². The fourth-order valence-electron chi connectivity index (χ4n) is 1.58. The highest BCUT2D eigenvalue weighted by atomic mass is 15.3. The molecule has 3 heteroatoms. The van der Waals surface area contributed by atoms with Crippen molar-refractivity contribution in [2.45, 2.75) is 19.9 Å². The van der Waals surface area contributed by atoms with Crippen molar-refractivity contribution in [3.8, 4) is 0 Å². The Hall–Kier alpha value is -0.120. The van der Waals surface area contributed by atoms with Crippen molar-refractivity contribution in [2.24, 2.45) is 5.73 Å². The summed E-state index contributed by atoms with van der Waals surface area (Å²) in [7, 11) is 0. The molecule has 0 amide bonds. The van der Waals surface area contributed by atoms with Gasteiger partial charge in [0.1, 0.15) is 0 Å². The maximum absolute atomic E-state index is 5.88. The van der Waals surface area contributed by atoms with E-state index in [1.54, 1.807) is 0 Å². The minimum absolute atomic E-state index is 0.351. The van der Waals surface area contributed by atoms with Crippen LogP contribution in [-0.4, -0.2) is 48.7 Å². The van der Waals surface area contributed by atoms with Crippen LogP contribution in [0.25, 0.3) is 0 Å². The van der Waals surface area contributed by atoms with Crippen LogP contribution in [0.3, 0.4) is 0 Å². The number of likely N-dealkylation sites (N-methyl/N-ethyl adjacent to an activating group) is 2. The maximum atomic E-state index is 5.88. The minimum Gasteiger partial charge on any atom is -0.325 e. The summed E-state index contributed by atoms with van der Waals surface area (Å²) >= 11 is 0. The lowest BCUT2D eigenvalue weighted by molar-refractivity contribution is 0.0814. The molecule has 1 aliphatic heterocycles. The second kappa shape index (κ2) is 4.04. The summed E-state index contributed by atoms with van der Waals surface area (Å²) in [5.41, 5.74) is 5.88. The van der Waals surface area contributed by atoms with Crippen LogP contribution < -0.4 is 5.73 Å². The second-order valence-corrected chi connectivity index (χ2v) is 3.24. The SMILES string of the molecule is CCN1CC(N)CN(CC)C1. The van der Waals surface area contributed by atoms with Crippen molar-refractivity contribution >= 4 is 0 Å². The highest BCUT2D eigenvalue weighted by molar-refractivity contribution is 4.77. The molecule has 1 heterocycles. The van der Waals surface area contributed by atoms with E-state index in [-0.39, 0.29) is 0 Å². The topological polar surface area (TPSA) is 32.5 Å². The van der Waals surface area contributed by atoms with Gasteiger partial charge < -0.3 is 5.73 Å². The number of rotatable bonds is 2. The third-order valence-electron chi connectivity index (χ3n) is 2.28. The van der Waals surface area contributed by atoms with Crippen LogP contribution >= 0.6 is 0 Å². The van der Waals surface area contributed by atoms with Gasteiger partial charge in [0.2, 0.25) is 0 Å². The van der Waals surface area contributed by atoms with Gasteiger partial charge in [0.15, 0.2) is 0 Å². The van der Waals surface area contributed by atoms with Crippen molar-refractivity contribution in [3.05, 3.63) is 0 Å². The number of nitrogens with zero attached hydrogens (tertiary/aromatic N) is 2. The van der Waals surface area contributed by atoms with Crippen LogP contribution in [-0.2, 0) is 0 Å². The Kier molecular flexibility index (Phi) is 3.30. The first kappa shape index (κ1) is 8.97. The Balaban J connectivity index is 2.37. The van der Waals surface area contributed by atoms with E-state index in [4.69, 9.17) is 5.73 Å². The molecule has 0 unspecified atom stereocenters. The third-order valence-corrected chi connectivity index (χ3v) is 2.28. The van der Waals surface area contributed by atoms with E-state index in [9.17, 15) is 0 Å². The van der Waals surface area contributed by atoms with Gasteiger partial charge in [-0.25, -0.2) is 0 Å². The van der Waals surface area contributed by atoms with E-state index in [0.29, 0.717) is 6.04 Å². The second-order valence-electron chi connectivity index (χ2n) is 3.24. The van der Waals surface area contributed by atoms with Gasteiger partial charge in [-0.1, -0.05) is 13.8 Å². The normalized spacial score (nSPS) is 24.3. The highest BCUT2D eigenvalue weighted by Crippen LogP contribution is 2.03. The molecule has 2 N–H and O–H groups in total. The lowest BCUT2D eigenvalue weighted by Crippen LogP contribution is -2.54. The average molecular weight is 157 g/mol.